The number of aryl methyl sites for hydroxylation is 2. The zero-order chi connectivity index (χ0) is 11.1. The Kier molecular flexibility index (Phi) is 2.00. The zero-order valence-electron chi connectivity index (χ0n) is 9.64. The van der Waals surface area contributed by atoms with Crippen LogP contribution in [0, 0.1) is 13.8 Å². The van der Waals surface area contributed by atoms with Crippen LogP contribution in [-0.4, -0.2) is 4.57 Å². The number of benzene rings is 1. The van der Waals surface area contributed by atoms with Crippen LogP contribution in [0.25, 0.3) is 6.08 Å². The van der Waals surface area contributed by atoms with Gasteiger partial charge in [-0.2, -0.15) is 0 Å². The summed E-state index contributed by atoms with van der Waals surface area (Å²) in [7, 11) is 0. The monoisotopic (exact) mass is 209 g/mol. The van der Waals surface area contributed by atoms with Gasteiger partial charge in [-0.3, -0.25) is 0 Å². The van der Waals surface area contributed by atoms with Gasteiger partial charge in [-0.1, -0.05) is 36.4 Å². The summed E-state index contributed by atoms with van der Waals surface area (Å²) in [5, 5.41) is 0. The van der Waals surface area contributed by atoms with Gasteiger partial charge < -0.3 is 4.57 Å². The first-order valence-electron chi connectivity index (χ1n) is 5.68. The fourth-order valence-corrected chi connectivity index (χ4v) is 2.54. The molecule has 1 heteroatoms. The van der Waals surface area contributed by atoms with Gasteiger partial charge in [0.15, 0.2) is 0 Å². The van der Waals surface area contributed by atoms with Crippen molar-refractivity contribution >= 4 is 6.08 Å². The average Bonchev–Trinajstić information content (AvgIpc) is 2.81. The van der Waals surface area contributed by atoms with Gasteiger partial charge in [0.25, 0.3) is 0 Å². The molecule has 2 aromatic rings. The van der Waals surface area contributed by atoms with Gasteiger partial charge in [0.1, 0.15) is 0 Å². The third kappa shape index (κ3) is 1.32. The highest BCUT2D eigenvalue weighted by molar-refractivity contribution is 5.62. The maximum Gasteiger partial charge on any atom is 0.0775 e. The van der Waals surface area contributed by atoms with Crippen molar-refractivity contribution in [2.24, 2.45) is 0 Å². The molecule has 1 atom stereocenters. The molecule has 1 aromatic carbocycles. The first-order valence-corrected chi connectivity index (χ1v) is 5.68. The summed E-state index contributed by atoms with van der Waals surface area (Å²) in [5.41, 5.74) is 5.40. The van der Waals surface area contributed by atoms with Crippen LogP contribution in [0.3, 0.4) is 0 Å². The Morgan fingerprint density at radius 2 is 1.94 bits per heavy atom. The highest BCUT2D eigenvalue weighted by atomic mass is 15.0. The van der Waals surface area contributed by atoms with Crippen molar-refractivity contribution in [3.63, 3.8) is 0 Å². The van der Waals surface area contributed by atoms with Crippen LogP contribution in [0.15, 0.2) is 42.6 Å². The molecule has 0 spiro atoms. The molecule has 1 nitrogen and oxygen atoms in total. The molecule has 1 aromatic heterocycles. The van der Waals surface area contributed by atoms with E-state index in [1.807, 2.05) is 0 Å². The van der Waals surface area contributed by atoms with Crippen molar-refractivity contribution in [1.82, 2.24) is 4.57 Å². The fraction of sp³-hybridized carbons (Fsp3) is 0.200. The Hall–Kier alpha value is -1.76. The zero-order valence-corrected chi connectivity index (χ0v) is 9.64. The van der Waals surface area contributed by atoms with Crippen molar-refractivity contribution in [3.8, 4) is 0 Å². The van der Waals surface area contributed by atoms with E-state index in [9.17, 15) is 0 Å². The third-order valence-corrected chi connectivity index (χ3v) is 3.26. The van der Waals surface area contributed by atoms with Crippen LogP contribution >= 0.6 is 0 Å². The van der Waals surface area contributed by atoms with Crippen LogP contribution in [0.5, 0.6) is 0 Å². The van der Waals surface area contributed by atoms with Gasteiger partial charge in [0, 0.05) is 11.9 Å². The Balaban J connectivity index is 2.11. The van der Waals surface area contributed by atoms with E-state index in [0.717, 1.165) is 0 Å². The van der Waals surface area contributed by atoms with Crippen molar-refractivity contribution in [2.45, 2.75) is 19.9 Å². The molecule has 0 N–H and O–H groups in total. The van der Waals surface area contributed by atoms with Gasteiger partial charge in [-0.15, -0.1) is 0 Å². The van der Waals surface area contributed by atoms with E-state index < -0.39 is 0 Å². The van der Waals surface area contributed by atoms with E-state index >= 15 is 0 Å². The molecule has 0 fully saturated rings. The van der Waals surface area contributed by atoms with Gasteiger partial charge in [-0.25, -0.2) is 0 Å². The Morgan fingerprint density at radius 1 is 1.12 bits per heavy atom. The van der Waals surface area contributed by atoms with Crippen LogP contribution < -0.4 is 0 Å². The lowest BCUT2D eigenvalue weighted by Crippen LogP contribution is -2.06. The molecule has 0 bridgehead atoms. The van der Waals surface area contributed by atoms with E-state index in [4.69, 9.17) is 0 Å². The molecule has 1 heterocycles. The summed E-state index contributed by atoms with van der Waals surface area (Å²) in [5.74, 6) is 0. The standard InChI is InChI=1S/C15H15N/c1-11-9-12(2)16(10-11)15-8-7-13-5-3-4-6-14(13)15/h3-10,15H,1-2H3. The third-order valence-electron chi connectivity index (χ3n) is 3.26. The molecule has 80 valence electrons. The molecule has 16 heavy (non-hydrogen) atoms. The predicted molar refractivity (Wildman–Crippen MR) is 67.5 cm³/mol. The SMILES string of the molecule is Cc1cc(C)n(C2C=Cc3ccccc32)c1. The average molecular weight is 209 g/mol. The van der Waals surface area contributed by atoms with Crippen LogP contribution in [-0.2, 0) is 0 Å². The van der Waals surface area contributed by atoms with E-state index in [1.165, 1.54) is 22.4 Å². The highest BCUT2D eigenvalue weighted by Crippen LogP contribution is 2.32. The van der Waals surface area contributed by atoms with Crippen molar-refractivity contribution in [1.29, 1.82) is 0 Å². The number of hydrogen-bond donors (Lipinski definition) is 0. The van der Waals surface area contributed by atoms with Crippen LogP contribution in [0.2, 0.25) is 0 Å². The molecule has 1 aliphatic carbocycles. The number of fused-ring (bicyclic) bond motifs is 1. The summed E-state index contributed by atoms with van der Waals surface area (Å²) in [6, 6.07) is 11.2. The smallest absolute Gasteiger partial charge is 0.0775 e. The summed E-state index contributed by atoms with van der Waals surface area (Å²) in [6.45, 7) is 4.32. The second-order valence-corrected chi connectivity index (χ2v) is 4.50. The normalized spacial score (nSPS) is 17.8. The topological polar surface area (TPSA) is 4.93 Å². The largest absolute Gasteiger partial charge is 0.341 e. The van der Waals surface area contributed by atoms with E-state index in [1.54, 1.807) is 0 Å². The molecule has 3 rings (SSSR count). The lowest BCUT2D eigenvalue weighted by molar-refractivity contribution is 0.692. The second kappa shape index (κ2) is 3.38. The lowest BCUT2D eigenvalue weighted by atomic mass is 10.1. The van der Waals surface area contributed by atoms with E-state index in [0.29, 0.717) is 6.04 Å². The summed E-state index contributed by atoms with van der Waals surface area (Å²) < 4.78 is 2.34. The minimum atomic E-state index is 0.380. The summed E-state index contributed by atoms with van der Waals surface area (Å²) in [6.07, 6.45) is 6.72. The van der Waals surface area contributed by atoms with E-state index in [2.05, 4.69) is 67.1 Å². The van der Waals surface area contributed by atoms with Crippen molar-refractivity contribution in [2.75, 3.05) is 0 Å². The van der Waals surface area contributed by atoms with Gasteiger partial charge in [0.2, 0.25) is 0 Å². The predicted octanol–water partition coefficient (Wildman–Crippen LogP) is 3.72. The summed E-state index contributed by atoms with van der Waals surface area (Å²) in [4.78, 5) is 0. The maximum absolute atomic E-state index is 2.34. The van der Waals surface area contributed by atoms with Gasteiger partial charge >= 0.3 is 0 Å². The fourth-order valence-electron chi connectivity index (χ4n) is 2.54. The molecule has 0 aliphatic heterocycles. The Labute approximate surface area is 96.0 Å². The second-order valence-electron chi connectivity index (χ2n) is 4.50. The van der Waals surface area contributed by atoms with Crippen LogP contribution in [0.1, 0.15) is 28.4 Å². The quantitative estimate of drug-likeness (QED) is 0.674. The molecular formula is C15H15N. The molecular weight excluding hydrogens is 194 g/mol. The van der Waals surface area contributed by atoms with Crippen LogP contribution in [0.4, 0.5) is 0 Å². The van der Waals surface area contributed by atoms with Crippen molar-refractivity contribution < 1.29 is 0 Å². The van der Waals surface area contributed by atoms with Crippen molar-refractivity contribution in [3.05, 3.63) is 65.0 Å². The summed E-state index contributed by atoms with van der Waals surface area (Å²) >= 11 is 0. The number of allylic oxidation sites excluding steroid dienone is 1. The molecule has 1 aliphatic rings. The molecule has 1 unspecified atom stereocenters. The number of nitrogens with zero attached hydrogens (tertiary/aromatic N) is 1. The number of rotatable bonds is 1. The number of hydrogen-bond acceptors (Lipinski definition) is 0. The molecule has 0 saturated carbocycles. The van der Waals surface area contributed by atoms with E-state index in [-0.39, 0.29) is 0 Å². The first-order chi connectivity index (χ1) is 7.75. The number of aromatic nitrogens is 1. The Morgan fingerprint density at radius 3 is 2.69 bits per heavy atom. The minimum Gasteiger partial charge on any atom is -0.341 e. The lowest BCUT2D eigenvalue weighted by Gasteiger charge is -2.15. The van der Waals surface area contributed by atoms with Gasteiger partial charge in [0.05, 0.1) is 6.04 Å². The first kappa shape index (κ1) is 9.46. The minimum absolute atomic E-state index is 0.380. The molecule has 0 radical (unpaired) electrons. The molecule has 0 saturated heterocycles. The highest BCUT2D eigenvalue weighted by Gasteiger charge is 2.18. The maximum atomic E-state index is 2.34. The molecule has 0 amide bonds. The van der Waals surface area contributed by atoms with Gasteiger partial charge in [-0.05, 0) is 36.6 Å². The Bertz CT molecular complexity index is 561.